The van der Waals surface area contributed by atoms with Gasteiger partial charge < -0.3 is 15.8 Å². The van der Waals surface area contributed by atoms with Crippen LogP contribution in [0.5, 0.6) is 0 Å². The molecule has 2 rings (SSSR count). The minimum Gasteiger partial charge on any atom is -0.378 e. The lowest BCUT2D eigenvalue weighted by Gasteiger charge is -2.34. The molecular formula is C17H32N2O2. The van der Waals surface area contributed by atoms with Crippen LogP contribution in [0.3, 0.4) is 0 Å². The first-order valence-electron chi connectivity index (χ1n) is 8.50. The summed E-state index contributed by atoms with van der Waals surface area (Å²) in [6.07, 6.45) is 9.22. The molecule has 0 heterocycles. The van der Waals surface area contributed by atoms with Crippen molar-refractivity contribution in [2.75, 3.05) is 6.61 Å². The number of hydrogen-bond donors (Lipinski definition) is 2. The zero-order valence-electron chi connectivity index (χ0n) is 13.9. The summed E-state index contributed by atoms with van der Waals surface area (Å²) in [5.41, 5.74) is 5.47. The largest absolute Gasteiger partial charge is 0.378 e. The Morgan fingerprint density at radius 1 is 1.29 bits per heavy atom. The van der Waals surface area contributed by atoms with Crippen molar-refractivity contribution in [3.63, 3.8) is 0 Å². The molecule has 0 radical (unpaired) electrons. The fourth-order valence-corrected chi connectivity index (χ4v) is 3.16. The Kier molecular flexibility index (Phi) is 5.31. The highest BCUT2D eigenvalue weighted by Crippen LogP contribution is 2.36. The molecule has 1 unspecified atom stereocenters. The van der Waals surface area contributed by atoms with Gasteiger partial charge in [-0.15, -0.1) is 0 Å². The van der Waals surface area contributed by atoms with E-state index >= 15 is 0 Å². The number of nitrogens with one attached hydrogen (secondary N) is 1. The normalized spacial score (nSPS) is 25.5. The molecule has 122 valence electrons. The third-order valence-corrected chi connectivity index (χ3v) is 5.10. The second kappa shape index (κ2) is 6.66. The molecule has 0 aromatic heterocycles. The first-order valence-corrected chi connectivity index (χ1v) is 8.50. The maximum absolute atomic E-state index is 11.7. The molecule has 0 bridgehead atoms. The van der Waals surface area contributed by atoms with Crippen LogP contribution in [0.1, 0.15) is 72.1 Å². The van der Waals surface area contributed by atoms with Crippen LogP contribution < -0.4 is 11.1 Å². The van der Waals surface area contributed by atoms with Gasteiger partial charge in [0.2, 0.25) is 5.91 Å². The van der Waals surface area contributed by atoms with E-state index in [0.717, 1.165) is 32.3 Å². The molecule has 21 heavy (non-hydrogen) atoms. The molecule has 2 aliphatic carbocycles. The van der Waals surface area contributed by atoms with E-state index in [1.807, 2.05) is 6.92 Å². The third-order valence-electron chi connectivity index (χ3n) is 5.10. The van der Waals surface area contributed by atoms with Crippen molar-refractivity contribution in [3.05, 3.63) is 0 Å². The van der Waals surface area contributed by atoms with Gasteiger partial charge in [-0.25, -0.2) is 0 Å². The standard InChI is InChI=1S/C17H32N2O2/c1-16(2)10-7-14(8-11-16)21-12-4-9-17(3,15(18)20)19-13-5-6-13/h13-14,19H,4-12H2,1-3H3,(H2,18,20). The van der Waals surface area contributed by atoms with Gasteiger partial charge >= 0.3 is 0 Å². The van der Waals surface area contributed by atoms with E-state index in [4.69, 9.17) is 10.5 Å². The molecule has 0 saturated heterocycles. The van der Waals surface area contributed by atoms with Crippen molar-refractivity contribution < 1.29 is 9.53 Å². The van der Waals surface area contributed by atoms with E-state index in [1.54, 1.807) is 0 Å². The van der Waals surface area contributed by atoms with E-state index in [0.29, 0.717) is 17.6 Å². The van der Waals surface area contributed by atoms with Gasteiger partial charge in [0.15, 0.2) is 0 Å². The molecule has 2 saturated carbocycles. The average molecular weight is 296 g/mol. The number of ether oxygens (including phenoxy) is 1. The molecule has 3 N–H and O–H groups in total. The first kappa shape index (κ1) is 16.8. The lowest BCUT2D eigenvalue weighted by molar-refractivity contribution is -0.124. The number of nitrogens with two attached hydrogens (primary N) is 1. The summed E-state index contributed by atoms with van der Waals surface area (Å²) < 4.78 is 5.99. The summed E-state index contributed by atoms with van der Waals surface area (Å²) in [7, 11) is 0. The molecule has 0 aromatic rings. The highest BCUT2D eigenvalue weighted by atomic mass is 16.5. The topological polar surface area (TPSA) is 64.3 Å². The Morgan fingerprint density at radius 3 is 2.43 bits per heavy atom. The monoisotopic (exact) mass is 296 g/mol. The quantitative estimate of drug-likeness (QED) is 0.677. The molecule has 1 atom stereocenters. The molecule has 2 fully saturated rings. The summed E-state index contributed by atoms with van der Waals surface area (Å²) in [6, 6.07) is 0.490. The van der Waals surface area contributed by atoms with Gasteiger partial charge in [0, 0.05) is 12.6 Å². The number of rotatable bonds is 8. The fourth-order valence-electron chi connectivity index (χ4n) is 3.16. The summed E-state index contributed by atoms with van der Waals surface area (Å²) in [6.45, 7) is 7.34. The van der Waals surface area contributed by atoms with Crippen LogP contribution in [0, 0.1) is 5.41 Å². The number of primary amides is 1. The maximum Gasteiger partial charge on any atom is 0.237 e. The van der Waals surface area contributed by atoms with Gasteiger partial charge in [-0.2, -0.15) is 0 Å². The Bertz CT molecular complexity index is 356. The smallest absolute Gasteiger partial charge is 0.237 e. The summed E-state index contributed by atoms with van der Waals surface area (Å²) in [4.78, 5) is 11.7. The summed E-state index contributed by atoms with van der Waals surface area (Å²) >= 11 is 0. The van der Waals surface area contributed by atoms with Gasteiger partial charge in [0.25, 0.3) is 0 Å². The van der Waals surface area contributed by atoms with Gasteiger partial charge in [-0.05, 0) is 63.7 Å². The second-order valence-corrected chi connectivity index (χ2v) is 7.95. The Hall–Kier alpha value is -0.610. The van der Waals surface area contributed by atoms with Crippen LogP contribution in [0.25, 0.3) is 0 Å². The molecule has 0 aromatic carbocycles. The van der Waals surface area contributed by atoms with Crippen LogP contribution >= 0.6 is 0 Å². The van der Waals surface area contributed by atoms with Crippen molar-refractivity contribution >= 4 is 5.91 Å². The van der Waals surface area contributed by atoms with Crippen LogP contribution in [0.2, 0.25) is 0 Å². The highest BCUT2D eigenvalue weighted by Gasteiger charge is 2.36. The number of carbonyl (C=O) groups is 1. The third kappa shape index (κ3) is 5.26. The minimum atomic E-state index is -0.570. The Morgan fingerprint density at radius 2 is 1.90 bits per heavy atom. The van der Waals surface area contributed by atoms with Crippen molar-refractivity contribution in [3.8, 4) is 0 Å². The van der Waals surface area contributed by atoms with Gasteiger partial charge in [-0.3, -0.25) is 4.79 Å². The molecule has 4 heteroatoms. The molecular weight excluding hydrogens is 264 g/mol. The van der Waals surface area contributed by atoms with E-state index < -0.39 is 5.54 Å². The SMILES string of the molecule is CC1(C)CCC(OCCCC(C)(NC2CC2)C(N)=O)CC1. The average Bonchev–Trinajstić information content (AvgIpc) is 3.20. The van der Waals surface area contributed by atoms with E-state index in [9.17, 15) is 4.79 Å². The van der Waals surface area contributed by atoms with Gasteiger partial charge in [-0.1, -0.05) is 13.8 Å². The van der Waals surface area contributed by atoms with Gasteiger partial charge in [0.1, 0.15) is 0 Å². The van der Waals surface area contributed by atoms with Crippen LogP contribution in [-0.4, -0.2) is 30.2 Å². The lowest BCUT2D eigenvalue weighted by atomic mass is 9.76. The molecule has 0 spiro atoms. The molecule has 4 nitrogen and oxygen atoms in total. The minimum absolute atomic E-state index is 0.242. The van der Waals surface area contributed by atoms with Crippen LogP contribution in [-0.2, 0) is 9.53 Å². The summed E-state index contributed by atoms with van der Waals surface area (Å²) in [5.74, 6) is -0.242. The van der Waals surface area contributed by atoms with Crippen LogP contribution in [0.15, 0.2) is 0 Å². The fraction of sp³-hybridized carbons (Fsp3) is 0.941. The number of carbonyl (C=O) groups excluding carboxylic acids is 1. The first-order chi connectivity index (χ1) is 9.81. The number of hydrogen-bond acceptors (Lipinski definition) is 3. The number of amides is 1. The summed E-state index contributed by atoms with van der Waals surface area (Å²) in [5, 5.41) is 3.39. The van der Waals surface area contributed by atoms with E-state index in [1.165, 1.54) is 25.7 Å². The van der Waals surface area contributed by atoms with E-state index in [-0.39, 0.29) is 5.91 Å². The predicted octanol–water partition coefficient (Wildman–Crippen LogP) is 2.75. The predicted molar refractivity (Wildman–Crippen MR) is 85.0 cm³/mol. The molecule has 0 aliphatic heterocycles. The highest BCUT2D eigenvalue weighted by molar-refractivity contribution is 5.84. The second-order valence-electron chi connectivity index (χ2n) is 7.95. The van der Waals surface area contributed by atoms with Crippen molar-refractivity contribution in [1.82, 2.24) is 5.32 Å². The van der Waals surface area contributed by atoms with Crippen molar-refractivity contribution in [2.24, 2.45) is 11.1 Å². The zero-order valence-corrected chi connectivity index (χ0v) is 13.9. The lowest BCUT2D eigenvalue weighted by Crippen LogP contribution is -2.54. The molecule has 1 amide bonds. The molecule has 2 aliphatic rings. The maximum atomic E-state index is 11.7. The Balaban J connectivity index is 1.65. The van der Waals surface area contributed by atoms with Crippen molar-refractivity contribution in [1.29, 1.82) is 0 Å². The van der Waals surface area contributed by atoms with Crippen molar-refractivity contribution in [2.45, 2.75) is 89.8 Å². The zero-order chi connectivity index (χ0) is 15.5. The Labute approximate surface area is 129 Å². The van der Waals surface area contributed by atoms with Crippen LogP contribution in [0.4, 0.5) is 0 Å². The van der Waals surface area contributed by atoms with E-state index in [2.05, 4.69) is 19.2 Å². The van der Waals surface area contributed by atoms with Gasteiger partial charge in [0.05, 0.1) is 11.6 Å².